The number of hydrogen-bond acceptors (Lipinski definition) is 3. The molecule has 17 heavy (non-hydrogen) atoms. The van der Waals surface area contributed by atoms with Crippen LogP contribution < -0.4 is 0 Å². The Morgan fingerprint density at radius 3 is 1.65 bits per heavy atom. The van der Waals surface area contributed by atoms with Crippen LogP contribution in [0.25, 0.3) is 0 Å². The zero-order valence-electron chi connectivity index (χ0n) is 11.8. The predicted octanol–water partition coefficient (Wildman–Crippen LogP) is 3.20. The summed E-state index contributed by atoms with van der Waals surface area (Å²) in [6, 6.07) is 0. The van der Waals surface area contributed by atoms with Gasteiger partial charge in [-0.25, -0.2) is 0 Å². The molecule has 0 aliphatic rings. The van der Waals surface area contributed by atoms with E-state index in [4.69, 9.17) is 4.74 Å². The maximum atomic E-state index is 12.4. The molecule has 0 heterocycles. The standard InChI is InChI=1S/C13H23BrO3/c1-12(2,3)8(11(16)17-7)9(15)10(14)13(4,5)6/h8,10H,1-7H3. The van der Waals surface area contributed by atoms with Gasteiger partial charge in [0, 0.05) is 0 Å². The van der Waals surface area contributed by atoms with Gasteiger partial charge in [-0.2, -0.15) is 0 Å². The highest BCUT2D eigenvalue weighted by Gasteiger charge is 2.43. The SMILES string of the molecule is COC(=O)C(C(=O)C(Br)C(C)(C)C)C(C)(C)C. The van der Waals surface area contributed by atoms with Crippen LogP contribution in [0, 0.1) is 16.7 Å². The Bertz CT molecular complexity index is 297. The number of carbonyl (C=O) groups is 2. The van der Waals surface area contributed by atoms with Crippen molar-refractivity contribution in [1.29, 1.82) is 0 Å². The van der Waals surface area contributed by atoms with Crippen molar-refractivity contribution in [3.63, 3.8) is 0 Å². The third-order valence-electron chi connectivity index (χ3n) is 2.60. The molecule has 4 heteroatoms. The predicted molar refractivity (Wildman–Crippen MR) is 72.1 cm³/mol. The lowest BCUT2D eigenvalue weighted by molar-refractivity contribution is -0.154. The van der Waals surface area contributed by atoms with Gasteiger partial charge in [0.05, 0.1) is 11.9 Å². The molecule has 0 spiro atoms. The molecule has 0 radical (unpaired) electrons. The average Bonchev–Trinajstić information content (AvgIpc) is 2.12. The number of ether oxygens (including phenoxy) is 1. The number of alkyl halides is 1. The van der Waals surface area contributed by atoms with Gasteiger partial charge in [-0.05, 0) is 10.8 Å². The molecule has 0 amide bonds. The largest absolute Gasteiger partial charge is 0.468 e. The normalized spacial score (nSPS) is 16.2. The monoisotopic (exact) mass is 306 g/mol. The van der Waals surface area contributed by atoms with Crippen LogP contribution in [-0.4, -0.2) is 23.7 Å². The van der Waals surface area contributed by atoms with Crippen molar-refractivity contribution in [2.24, 2.45) is 16.7 Å². The molecule has 3 nitrogen and oxygen atoms in total. The smallest absolute Gasteiger partial charge is 0.316 e. The number of ketones is 1. The molecule has 0 aromatic heterocycles. The molecule has 0 rings (SSSR count). The summed E-state index contributed by atoms with van der Waals surface area (Å²) in [4.78, 5) is 23.8. The fourth-order valence-corrected chi connectivity index (χ4v) is 1.85. The molecule has 0 saturated heterocycles. The summed E-state index contributed by atoms with van der Waals surface area (Å²) < 4.78 is 4.74. The minimum absolute atomic E-state index is 0.114. The second-order valence-corrected chi connectivity index (χ2v) is 7.37. The van der Waals surface area contributed by atoms with Gasteiger partial charge in [0.2, 0.25) is 0 Å². The lowest BCUT2D eigenvalue weighted by Crippen LogP contribution is -2.43. The third-order valence-corrected chi connectivity index (χ3v) is 4.42. The van der Waals surface area contributed by atoms with Crippen LogP contribution in [0.2, 0.25) is 0 Å². The van der Waals surface area contributed by atoms with E-state index in [2.05, 4.69) is 15.9 Å². The summed E-state index contributed by atoms with van der Waals surface area (Å²) in [6.07, 6.45) is 0. The van der Waals surface area contributed by atoms with E-state index in [1.165, 1.54) is 7.11 Å². The first-order valence-corrected chi connectivity index (χ1v) is 6.60. The number of halogens is 1. The van der Waals surface area contributed by atoms with Crippen molar-refractivity contribution in [3.05, 3.63) is 0 Å². The van der Waals surface area contributed by atoms with E-state index in [9.17, 15) is 9.59 Å². The molecule has 0 aromatic rings. The lowest BCUT2D eigenvalue weighted by Gasteiger charge is -2.32. The van der Waals surface area contributed by atoms with Crippen LogP contribution in [0.4, 0.5) is 0 Å². The van der Waals surface area contributed by atoms with E-state index in [1.54, 1.807) is 0 Å². The molecular formula is C13H23BrO3. The highest BCUT2D eigenvalue weighted by molar-refractivity contribution is 9.10. The summed E-state index contributed by atoms with van der Waals surface area (Å²) >= 11 is 3.40. The number of Topliss-reactive ketones (excluding diaryl/α,β-unsaturated/α-hetero) is 1. The molecule has 0 N–H and O–H groups in total. The summed E-state index contributed by atoms with van der Waals surface area (Å²) in [5, 5.41) is 0. The highest BCUT2D eigenvalue weighted by atomic mass is 79.9. The fourth-order valence-electron chi connectivity index (χ4n) is 1.59. The van der Waals surface area contributed by atoms with Gasteiger partial charge in [-0.1, -0.05) is 57.5 Å². The summed E-state index contributed by atoms with van der Waals surface area (Å²) in [7, 11) is 1.31. The molecule has 100 valence electrons. The van der Waals surface area contributed by atoms with E-state index < -0.39 is 17.3 Å². The van der Waals surface area contributed by atoms with Crippen LogP contribution in [0.15, 0.2) is 0 Å². The van der Waals surface area contributed by atoms with Gasteiger partial charge in [-0.15, -0.1) is 0 Å². The maximum Gasteiger partial charge on any atom is 0.316 e. The lowest BCUT2D eigenvalue weighted by atomic mass is 9.74. The first-order valence-electron chi connectivity index (χ1n) is 5.68. The zero-order valence-corrected chi connectivity index (χ0v) is 13.3. The Labute approximate surface area is 112 Å². The molecule has 0 aliphatic carbocycles. The van der Waals surface area contributed by atoms with Gasteiger partial charge in [0.25, 0.3) is 0 Å². The van der Waals surface area contributed by atoms with Crippen LogP contribution in [0.5, 0.6) is 0 Å². The number of esters is 1. The summed E-state index contributed by atoms with van der Waals surface area (Å²) in [5.41, 5.74) is -0.671. The first-order chi connectivity index (χ1) is 7.42. The first kappa shape index (κ1) is 16.6. The van der Waals surface area contributed by atoms with Crippen molar-refractivity contribution in [2.45, 2.75) is 46.4 Å². The summed E-state index contributed by atoms with van der Waals surface area (Å²) in [5.74, 6) is -1.32. The minimum atomic E-state index is -0.740. The van der Waals surface area contributed by atoms with Crippen LogP contribution in [0.3, 0.4) is 0 Å². The van der Waals surface area contributed by atoms with Crippen molar-refractivity contribution >= 4 is 27.7 Å². The molecule has 0 aliphatic heterocycles. The molecule has 0 bridgehead atoms. The van der Waals surface area contributed by atoms with E-state index in [0.29, 0.717) is 0 Å². The van der Waals surface area contributed by atoms with E-state index >= 15 is 0 Å². The Morgan fingerprint density at radius 1 is 1.00 bits per heavy atom. The third kappa shape index (κ3) is 4.41. The molecule has 0 fully saturated rings. The van der Waals surface area contributed by atoms with E-state index in [1.807, 2.05) is 41.5 Å². The second kappa shape index (κ2) is 5.51. The average molecular weight is 307 g/mol. The Balaban J connectivity index is 5.23. The molecule has 2 unspecified atom stereocenters. The molecule has 2 atom stereocenters. The van der Waals surface area contributed by atoms with Gasteiger partial charge in [-0.3, -0.25) is 9.59 Å². The second-order valence-electron chi connectivity index (χ2n) is 6.45. The van der Waals surface area contributed by atoms with Crippen LogP contribution in [0.1, 0.15) is 41.5 Å². The van der Waals surface area contributed by atoms with Crippen molar-refractivity contribution in [3.8, 4) is 0 Å². The van der Waals surface area contributed by atoms with Gasteiger partial charge in [0.1, 0.15) is 5.92 Å². The van der Waals surface area contributed by atoms with Crippen LogP contribution in [-0.2, 0) is 14.3 Å². The quantitative estimate of drug-likeness (QED) is 0.457. The van der Waals surface area contributed by atoms with E-state index in [0.717, 1.165) is 0 Å². The Morgan fingerprint density at radius 2 is 1.41 bits per heavy atom. The number of rotatable bonds is 3. The van der Waals surface area contributed by atoms with Crippen LogP contribution >= 0.6 is 15.9 Å². The van der Waals surface area contributed by atoms with Gasteiger partial charge < -0.3 is 4.74 Å². The molecule has 0 saturated carbocycles. The molecule has 0 aromatic carbocycles. The Hall–Kier alpha value is -0.380. The number of hydrogen-bond donors (Lipinski definition) is 0. The fraction of sp³-hybridized carbons (Fsp3) is 0.846. The van der Waals surface area contributed by atoms with Gasteiger partial charge in [0.15, 0.2) is 5.78 Å². The topological polar surface area (TPSA) is 43.4 Å². The summed E-state index contributed by atoms with van der Waals surface area (Å²) in [6.45, 7) is 11.5. The number of carbonyl (C=O) groups excluding carboxylic acids is 2. The van der Waals surface area contributed by atoms with E-state index in [-0.39, 0.29) is 16.0 Å². The highest BCUT2D eigenvalue weighted by Crippen LogP contribution is 2.35. The number of methoxy groups -OCH3 is 1. The minimum Gasteiger partial charge on any atom is -0.468 e. The van der Waals surface area contributed by atoms with Crippen molar-refractivity contribution in [1.82, 2.24) is 0 Å². The van der Waals surface area contributed by atoms with Crippen molar-refractivity contribution < 1.29 is 14.3 Å². The Kier molecular flexibility index (Phi) is 5.38. The van der Waals surface area contributed by atoms with Crippen molar-refractivity contribution in [2.75, 3.05) is 7.11 Å². The molecular weight excluding hydrogens is 284 g/mol. The zero-order chi connectivity index (χ0) is 14.0. The van der Waals surface area contributed by atoms with Gasteiger partial charge >= 0.3 is 5.97 Å². The maximum absolute atomic E-state index is 12.4.